The van der Waals surface area contributed by atoms with Gasteiger partial charge < -0.3 is 9.47 Å². The van der Waals surface area contributed by atoms with Crippen molar-refractivity contribution < 1.29 is 18.7 Å². The van der Waals surface area contributed by atoms with E-state index in [0.717, 1.165) is 36.8 Å². The summed E-state index contributed by atoms with van der Waals surface area (Å²) < 4.78 is 25.8. The summed E-state index contributed by atoms with van der Waals surface area (Å²) in [4.78, 5) is 12.6. The van der Waals surface area contributed by atoms with Crippen molar-refractivity contribution in [2.24, 2.45) is 0 Å². The number of halogens is 1. The fourth-order valence-corrected chi connectivity index (χ4v) is 4.18. The average Bonchev–Trinajstić information content (AvgIpc) is 2.89. The van der Waals surface area contributed by atoms with Crippen LogP contribution in [0.25, 0.3) is 11.1 Å². The average molecular weight is 491 g/mol. The summed E-state index contributed by atoms with van der Waals surface area (Å²) in [6.45, 7) is 6.33. The summed E-state index contributed by atoms with van der Waals surface area (Å²) >= 11 is 0. The zero-order chi connectivity index (χ0) is 25.8. The van der Waals surface area contributed by atoms with E-state index in [-0.39, 0.29) is 17.4 Å². The van der Waals surface area contributed by atoms with E-state index in [1.54, 1.807) is 18.2 Å². The molecular formula is C32H39FO3. The fraction of sp³-hybridized carbons (Fsp3) is 0.406. The maximum absolute atomic E-state index is 14.6. The Hall–Kier alpha value is -3.14. The second-order valence-corrected chi connectivity index (χ2v) is 9.49. The van der Waals surface area contributed by atoms with Gasteiger partial charge in [0.25, 0.3) is 0 Å². The van der Waals surface area contributed by atoms with Crippen LogP contribution in [-0.2, 0) is 6.42 Å². The third-order valence-corrected chi connectivity index (χ3v) is 6.38. The van der Waals surface area contributed by atoms with Crippen LogP contribution in [0.1, 0.15) is 88.1 Å². The van der Waals surface area contributed by atoms with Crippen molar-refractivity contribution in [3.8, 4) is 22.6 Å². The molecule has 3 aromatic carbocycles. The summed E-state index contributed by atoms with van der Waals surface area (Å²) in [5.41, 5.74) is 3.66. The standard InChI is InChI=1S/C32H39FO3/c1-4-6-8-10-11-24(3)35-31-22-19-28(23-30(31)33)32(34)36-29-20-17-27(18-21-29)26-15-13-25(14-16-26)12-9-7-5-2/h13-24H,4-12H2,1-3H3. The third-order valence-electron chi connectivity index (χ3n) is 6.38. The van der Waals surface area contributed by atoms with Crippen molar-refractivity contribution in [2.45, 2.75) is 84.7 Å². The first-order valence-corrected chi connectivity index (χ1v) is 13.4. The van der Waals surface area contributed by atoms with E-state index in [0.29, 0.717) is 5.75 Å². The van der Waals surface area contributed by atoms with Gasteiger partial charge in [-0.3, -0.25) is 0 Å². The number of esters is 1. The highest BCUT2D eigenvalue weighted by atomic mass is 19.1. The monoisotopic (exact) mass is 490 g/mol. The smallest absolute Gasteiger partial charge is 0.343 e. The van der Waals surface area contributed by atoms with Crippen LogP contribution in [-0.4, -0.2) is 12.1 Å². The highest BCUT2D eigenvalue weighted by Crippen LogP contribution is 2.25. The molecule has 0 saturated carbocycles. The van der Waals surface area contributed by atoms with E-state index in [1.807, 2.05) is 19.1 Å². The van der Waals surface area contributed by atoms with E-state index in [4.69, 9.17) is 9.47 Å². The normalized spacial score (nSPS) is 11.8. The summed E-state index contributed by atoms with van der Waals surface area (Å²) in [6, 6.07) is 20.2. The minimum Gasteiger partial charge on any atom is -0.488 e. The van der Waals surface area contributed by atoms with Crippen molar-refractivity contribution >= 4 is 5.97 Å². The number of unbranched alkanes of at least 4 members (excludes halogenated alkanes) is 5. The maximum atomic E-state index is 14.6. The molecule has 0 aliphatic carbocycles. The summed E-state index contributed by atoms with van der Waals surface area (Å²) in [5.74, 6) is -0.577. The second kappa shape index (κ2) is 14.4. The molecule has 0 aliphatic heterocycles. The van der Waals surface area contributed by atoms with Crippen LogP contribution in [0.3, 0.4) is 0 Å². The summed E-state index contributed by atoms with van der Waals surface area (Å²) in [7, 11) is 0. The SMILES string of the molecule is CCCCCCC(C)Oc1ccc(C(=O)Oc2ccc(-c3ccc(CCCCC)cc3)cc2)cc1F. The number of carbonyl (C=O) groups is 1. The molecule has 0 fully saturated rings. The molecule has 0 heterocycles. The largest absolute Gasteiger partial charge is 0.488 e. The molecule has 3 aromatic rings. The number of hydrogen-bond acceptors (Lipinski definition) is 3. The van der Waals surface area contributed by atoms with Gasteiger partial charge >= 0.3 is 5.97 Å². The summed E-state index contributed by atoms with van der Waals surface area (Å²) in [6.07, 6.45) is 10.2. The molecule has 36 heavy (non-hydrogen) atoms. The Bertz CT molecular complexity index is 1070. The van der Waals surface area contributed by atoms with E-state index < -0.39 is 11.8 Å². The highest BCUT2D eigenvalue weighted by Gasteiger charge is 2.15. The van der Waals surface area contributed by atoms with Crippen molar-refractivity contribution in [1.29, 1.82) is 0 Å². The quantitative estimate of drug-likeness (QED) is 0.128. The topological polar surface area (TPSA) is 35.5 Å². The van der Waals surface area contributed by atoms with Gasteiger partial charge in [0.2, 0.25) is 0 Å². The molecule has 0 aromatic heterocycles. The van der Waals surface area contributed by atoms with Gasteiger partial charge in [-0.1, -0.05) is 82.3 Å². The van der Waals surface area contributed by atoms with Crippen LogP contribution in [0.15, 0.2) is 66.7 Å². The van der Waals surface area contributed by atoms with Gasteiger partial charge in [-0.25, -0.2) is 9.18 Å². The Labute approximate surface area is 215 Å². The Kier molecular flexibility index (Phi) is 11.0. The molecule has 1 unspecified atom stereocenters. The summed E-state index contributed by atoms with van der Waals surface area (Å²) in [5, 5.41) is 0. The maximum Gasteiger partial charge on any atom is 0.343 e. The molecule has 3 rings (SSSR count). The van der Waals surface area contributed by atoms with E-state index in [9.17, 15) is 9.18 Å². The fourth-order valence-electron chi connectivity index (χ4n) is 4.18. The van der Waals surface area contributed by atoms with Gasteiger partial charge in [-0.15, -0.1) is 0 Å². The zero-order valence-electron chi connectivity index (χ0n) is 21.9. The van der Waals surface area contributed by atoms with Crippen LogP contribution in [0.2, 0.25) is 0 Å². The lowest BCUT2D eigenvalue weighted by molar-refractivity contribution is 0.0734. The lowest BCUT2D eigenvalue weighted by Gasteiger charge is -2.15. The van der Waals surface area contributed by atoms with Crippen molar-refractivity contribution in [1.82, 2.24) is 0 Å². The number of ether oxygens (including phenoxy) is 2. The number of carbonyl (C=O) groups excluding carboxylic acids is 1. The molecule has 3 nitrogen and oxygen atoms in total. The van der Waals surface area contributed by atoms with Gasteiger partial charge in [0, 0.05) is 0 Å². The molecule has 0 spiro atoms. The first-order valence-electron chi connectivity index (χ1n) is 13.4. The van der Waals surface area contributed by atoms with Crippen LogP contribution in [0.4, 0.5) is 4.39 Å². The number of rotatable bonds is 14. The Morgan fingerprint density at radius 2 is 1.44 bits per heavy atom. The van der Waals surface area contributed by atoms with Crippen LogP contribution < -0.4 is 9.47 Å². The third kappa shape index (κ3) is 8.51. The van der Waals surface area contributed by atoms with Gasteiger partial charge in [-0.2, -0.15) is 0 Å². The Morgan fingerprint density at radius 3 is 2.08 bits per heavy atom. The second-order valence-electron chi connectivity index (χ2n) is 9.49. The number of hydrogen-bond donors (Lipinski definition) is 0. The van der Waals surface area contributed by atoms with Crippen LogP contribution in [0.5, 0.6) is 11.5 Å². The lowest BCUT2D eigenvalue weighted by Crippen LogP contribution is -2.13. The van der Waals surface area contributed by atoms with E-state index in [2.05, 4.69) is 38.1 Å². The minimum absolute atomic E-state index is 0.0788. The van der Waals surface area contributed by atoms with Gasteiger partial charge in [0.15, 0.2) is 11.6 Å². The predicted octanol–water partition coefficient (Wildman–Crippen LogP) is 9.18. The number of benzene rings is 3. The Morgan fingerprint density at radius 1 is 0.806 bits per heavy atom. The van der Waals surface area contributed by atoms with Crippen LogP contribution >= 0.6 is 0 Å². The van der Waals surface area contributed by atoms with Gasteiger partial charge in [0.1, 0.15) is 5.75 Å². The first kappa shape index (κ1) is 27.4. The highest BCUT2D eigenvalue weighted by molar-refractivity contribution is 5.91. The van der Waals surface area contributed by atoms with E-state index in [1.165, 1.54) is 49.8 Å². The lowest BCUT2D eigenvalue weighted by atomic mass is 10.0. The molecule has 192 valence electrons. The van der Waals surface area contributed by atoms with E-state index >= 15 is 0 Å². The molecule has 0 aliphatic rings. The molecular weight excluding hydrogens is 451 g/mol. The van der Waals surface area contributed by atoms with Crippen molar-refractivity contribution in [3.63, 3.8) is 0 Å². The molecule has 0 amide bonds. The Balaban J connectivity index is 1.54. The molecule has 1 atom stereocenters. The molecule has 0 radical (unpaired) electrons. The van der Waals surface area contributed by atoms with Gasteiger partial charge in [-0.05, 0) is 79.6 Å². The first-order chi connectivity index (χ1) is 17.5. The van der Waals surface area contributed by atoms with Crippen molar-refractivity contribution in [2.75, 3.05) is 0 Å². The molecule has 0 bridgehead atoms. The molecule has 4 heteroatoms. The molecule has 0 saturated heterocycles. The van der Waals surface area contributed by atoms with Crippen molar-refractivity contribution in [3.05, 3.63) is 83.7 Å². The minimum atomic E-state index is -0.600. The van der Waals surface area contributed by atoms with Crippen LogP contribution in [0, 0.1) is 5.82 Å². The van der Waals surface area contributed by atoms with Gasteiger partial charge in [0.05, 0.1) is 11.7 Å². The predicted molar refractivity (Wildman–Crippen MR) is 145 cm³/mol. The molecule has 0 N–H and O–H groups in total. The number of aryl methyl sites for hydroxylation is 1. The zero-order valence-corrected chi connectivity index (χ0v) is 21.9.